The number of rotatable bonds is 10. The number of carboxylic acid groups (broad SMARTS) is 1. The molecular formula is C25H23N3O8S2. The van der Waals surface area contributed by atoms with Gasteiger partial charge in [0.1, 0.15) is 18.0 Å². The predicted molar refractivity (Wildman–Crippen MR) is 141 cm³/mol. The summed E-state index contributed by atoms with van der Waals surface area (Å²) < 4.78 is 66.4. The first-order valence-electron chi connectivity index (χ1n) is 11.0. The highest BCUT2D eigenvalue weighted by atomic mass is 32.2. The average Bonchev–Trinajstić information content (AvgIpc) is 2.92. The van der Waals surface area contributed by atoms with Crippen molar-refractivity contribution in [3.63, 3.8) is 0 Å². The first kappa shape index (κ1) is 26.7. The first-order chi connectivity index (χ1) is 18.1. The van der Waals surface area contributed by atoms with Crippen LogP contribution in [0, 0.1) is 0 Å². The van der Waals surface area contributed by atoms with Crippen molar-refractivity contribution in [3.8, 4) is 11.5 Å². The highest BCUT2D eigenvalue weighted by Crippen LogP contribution is 2.34. The lowest BCUT2D eigenvalue weighted by Crippen LogP contribution is -2.36. The fraction of sp³-hybridized carbons (Fsp3) is 0.120. The van der Waals surface area contributed by atoms with Crippen LogP contribution in [0.5, 0.6) is 11.5 Å². The third-order valence-electron chi connectivity index (χ3n) is 5.55. The Hall–Kier alpha value is -4.36. The number of nitrogens with zero attached hydrogens (tertiary/aromatic N) is 2. The van der Waals surface area contributed by atoms with Gasteiger partial charge in [-0.15, -0.1) is 0 Å². The predicted octanol–water partition coefficient (Wildman–Crippen LogP) is 3.33. The number of sulfonamides is 2. The van der Waals surface area contributed by atoms with Gasteiger partial charge in [0.05, 0.1) is 35.9 Å². The number of hydrogen-bond donors (Lipinski definition) is 2. The Balaban J connectivity index is 1.81. The van der Waals surface area contributed by atoms with Crippen molar-refractivity contribution in [3.05, 3.63) is 79.0 Å². The standard InChI is InChI=1S/C25H23N3O8S2/c1-35-17-7-11-19(12-8-17)37(31,32)27-23-15-26-25(22-6-4-3-5-21(22)23)28(16-24(29)30)38(33,34)20-13-9-18(36-2)10-14-20/h3-15,27H,16H2,1-2H3,(H,29,30). The van der Waals surface area contributed by atoms with Crippen molar-refractivity contribution >= 4 is 48.3 Å². The topological polar surface area (TPSA) is 152 Å². The molecule has 0 aliphatic carbocycles. The van der Waals surface area contributed by atoms with Gasteiger partial charge in [0.25, 0.3) is 20.0 Å². The molecule has 0 fully saturated rings. The minimum atomic E-state index is -4.38. The van der Waals surface area contributed by atoms with Gasteiger partial charge in [-0.3, -0.25) is 9.52 Å². The van der Waals surface area contributed by atoms with E-state index in [-0.39, 0.29) is 26.7 Å². The molecule has 0 bridgehead atoms. The lowest BCUT2D eigenvalue weighted by atomic mass is 10.1. The quantitative estimate of drug-likeness (QED) is 0.299. The molecule has 0 radical (unpaired) electrons. The number of benzene rings is 3. The van der Waals surface area contributed by atoms with Crippen molar-refractivity contribution in [1.29, 1.82) is 0 Å². The summed E-state index contributed by atoms with van der Waals surface area (Å²) in [6, 6.07) is 17.6. The molecule has 4 aromatic rings. The van der Waals surface area contributed by atoms with Crippen LogP contribution in [0.1, 0.15) is 0 Å². The average molecular weight is 558 g/mol. The maximum absolute atomic E-state index is 13.5. The van der Waals surface area contributed by atoms with Gasteiger partial charge in [0.15, 0.2) is 5.82 Å². The summed E-state index contributed by atoms with van der Waals surface area (Å²) in [5.74, 6) is -0.675. The van der Waals surface area contributed by atoms with Crippen LogP contribution in [-0.2, 0) is 24.8 Å². The maximum Gasteiger partial charge on any atom is 0.324 e. The second-order valence-corrected chi connectivity index (χ2v) is 11.4. The zero-order valence-electron chi connectivity index (χ0n) is 20.2. The Morgan fingerprint density at radius 3 is 1.89 bits per heavy atom. The van der Waals surface area contributed by atoms with Crippen molar-refractivity contribution < 1.29 is 36.2 Å². The highest BCUT2D eigenvalue weighted by Gasteiger charge is 2.30. The highest BCUT2D eigenvalue weighted by molar-refractivity contribution is 7.93. The van der Waals surface area contributed by atoms with Gasteiger partial charge in [-0.2, -0.15) is 0 Å². The molecule has 0 amide bonds. The van der Waals surface area contributed by atoms with E-state index < -0.39 is 32.6 Å². The van der Waals surface area contributed by atoms with Crippen LogP contribution in [-0.4, -0.2) is 53.7 Å². The number of hydrogen-bond acceptors (Lipinski definition) is 8. The molecule has 4 rings (SSSR count). The number of carbonyl (C=O) groups is 1. The number of nitrogens with one attached hydrogen (secondary N) is 1. The molecule has 0 aliphatic heterocycles. The van der Waals surface area contributed by atoms with Crippen LogP contribution >= 0.6 is 0 Å². The largest absolute Gasteiger partial charge is 0.497 e. The Labute approximate surface area is 219 Å². The summed E-state index contributed by atoms with van der Waals surface area (Å²) in [5, 5.41) is 10.1. The van der Waals surface area contributed by atoms with Crippen LogP contribution in [0.4, 0.5) is 11.5 Å². The SMILES string of the molecule is COc1ccc(S(=O)(=O)Nc2cnc(N(CC(=O)O)S(=O)(=O)c3ccc(OC)cc3)c3ccccc23)cc1. The molecule has 2 N–H and O–H groups in total. The number of methoxy groups -OCH3 is 2. The minimum absolute atomic E-state index is 0.0268. The summed E-state index contributed by atoms with van der Waals surface area (Å²) in [7, 11) is -5.53. The first-order valence-corrected chi connectivity index (χ1v) is 13.9. The zero-order valence-corrected chi connectivity index (χ0v) is 21.9. The van der Waals surface area contributed by atoms with Crippen LogP contribution < -0.4 is 18.5 Å². The Morgan fingerprint density at radius 2 is 1.37 bits per heavy atom. The van der Waals surface area contributed by atoms with E-state index in [1.165, 1.54) is 68.8 Å². The molecule has 1 heterocycles. The number of carboxylic acids is 1. The Kier molecular flexibility index (Phi) is 7.41. The maximum atomic E-state index is 13.5. The van der Waals surface area contributed by atoms with Gasteiger partial charge >= 0.3 is 5.97 Å². The lowest BCUT2D eigenvalue weighted by Gasteiger charge is -2.24. The Morgan fingerprint density at radius 1 is 0.842 bits per heavy atom. The van der Waals surface area contributed by atoms with Gasteiger partial charge < -0.3 is 14.6 Å². The van der Waals surface area contributed by atoms with Gasteiger partial charge in [-0.25, -0.2) is 26.1 Å². The summed E-state index contributed by atoms with van der Waals surface area (Å²) in [4.78, 5) is 15.7. The van der Waals surface area contributed by atoms with E-state index in [4.69, 9.17) is 9.47 Å². The van der Waals surface area contributed by atoms with E-state index in [0.29, 0.717) is 21.2 Å². The lowest BCUT2D eigenvalue weighted by molar-refractivity contribution is -0.135. The zero-order chi connectivity index (χ0) is 27.5. The molecule has 38 heavy (non-hydrogen) atoms. The molecule has 0 aliphatic rings. The number of aliphatic carboxylic acids is 1. The van der Waals surface area contributed by atoms with E-state index >= 15 is 0 Å². The van der Waals surface area contributed by atoms with Gasteiger partial charge in [0.2, 0.25) is 0 Å². The summed E-state index contributed by atoms with van der Waals surface area (Å²) in [6.07, 6.45) is 1.15. The van der Waals surface area contributed by atoms with E-state index in [1.807, 2.05) is 0 Å². The van der Waals surface area contributed by atoms with Gasteiger partial charge in [-0.1, -0.05) is 24.3 Å². The van der Waals surface area contributed by atoms with E-state index in [9.17, 15) is 26.7 Å². The molecule has 3 aromatic carbocycles. The Bertz CT molecular complexity index is 1690. The minimum Gasteiger partial charge on any atom is -0.497 e. The molecule has 198 valence electrons. The van der Waals surface area contributed by atoms with Crippen LogP contribution in [0.3, 0.4) is 0 Å². The number of anilines is 2. The fourth-order valence-corrected chi connectivity index (χ4v) is 6.14. The normalized spacial score (nSPS) is 11.6. The van der Waals surface area contributed by atoms with Crippen molar-refractivity contribution in [1.82, 2.24) is 4.98 Å². The number of aromatic nitrogens is 1. The molecule has 0 spiro atoms. The van der Waals surface area contributed by atoms with E-state index in [1.54, 1.807) is 18.2 Å². The molecule has 1 aromatic heterocycles. The molecule has 0 atom stereocenters. The van der Waals surface area contributed by atoms with Crippen molar-refractivity contribution in [2.75, 3.05) is 29.8 Å². The molecule has 11 nitrogen and oxygen atoms in total. The third kappa shape index (κ3) is 5.33. The monoisotopic (exact) mass is 557 g/mol. The molecule has 0 saturated heterocycles. The number of ether oxygens (including phenoxy) is 2. The van der Waals surface area contributed by atoms with Crippen LogP contribution in [0.15, 0.2) is 88.8 Å². The molecule has 13 heteroatoms. The van der Waals surface area contributed by atoms with Crippen molar-refractivity contribution in [2.24, 2.45) is 0 Å². The fourth-order valence-electron chi connectivity index (χ4n) is 3.69. The summed E-state index contributed by atoms with van der Waals surface area (Å²) in [6.45, 7) is -0.914. The number of fused-ring (bicyclic) bond motifs is 1. The van der Waals surface area contributed by atoms with Crippen LogP contribution in [0.2, 0.25) is 0 Å². The smallest absolute Gasteiger partial charge is 0.324 e. The van der Waals surface area contributed by atoms with Gasteiger partial charge in [0, 0.05) is 10.8 Å². The molecular weight excluding hydrogens is 534 g/mol. The molecule has 0 saturated carbocycles. The summed E-state index contributed by atoms with van der Waals surface area (Å²) >= 11 is 0. The van der Waals surface area contributed by atoms with Gasteiger partial charge in [-0.05, 0) is 48.5 Å². The van der Waals surface area contributed by atoms with Crippen LogP contribution in [0.25, 0.3) is 10.8 Å². The second kappa shape index (κ2) is 10.6. The number of pyridine rings is 1. The third-order valence-corrected chi connectivity index (χ3v) is 8.68. The second-order valence-electron chi connectivity index (χ2n) is 7.90. The van der Waals surface area contributed by atoms with E-state index in [0.717, 1.165) is 6.20 Å². The van der Waals surface area contributed by atoms with E-state index in [2.05, 4.69) is 9.71 Å². The molecule has 0 unspecified atom stereocenters. The van der Waals surface area contributed by atoms with Crippen molar-refractivity contribution in [2.45, 2.75) is 9.79 Å². The summed E-state index contributed by atoms with van der Waals surface area (Å²) in [5.41, 5.74) is 0.0808.